The van der Waals surface area contributed by atoms with E-state index in [9.17, 15) is 9.18 Å². The molecule has 5 heteroatoms. The van der Waals surface area contributed by atoms with Gasteiger partial charge in [0.2, 0.25) is 0 Å². The van der Waals surface area contributed by atoms with Crippen molar-refractivity contribution in [1.29, 1.82) is 5.26 Å². The first-order chi connectivity index (χ1) is 9.02. The van der Waals surface area contributed by atoms with Gasteiger partial charge in [0, 0.05) is 19.6 Å². The molecule has 0 saturated carbocycles. The third-order valence-electron chi connectivity index (χ3n) is 2.97. The lowest BCUT2D eigenvalue weighted by Gasteiger charge is -2.24. The Balaban J connectivity index is 3.06. The van der Waals surface area contributed by atoms with Gasteiger partial charge in [-0.25, -0.2) is 4.39 Å². The predicted molar refractivity (Wildman–Crippen MR) is 72.3 cm³/mol. The molecule has 0 heterocycles. The summed E-state index contributed by atoms with van der Waals surface area (Å²) in [5, 5.41) is 11.5. The fourth-order valence-electron chi connectivity index (χ4n) is 1.72. The van der Waals surface area contributed by atoms with Gasteiger partial charge < -0.3 is 10.2 Å². The minimum atomic E-state index is -0.450. The molecular formula is C14H18FN3O. The second-order valence-electron chi connectivity index (χ2n) is 4.32. The molecule has 0 bridgehead atoms. The van der Waals surface area contributed by atoms with Crippen LogP contribution in [0.1, 0.15) is 30.6 Å². The van der Waals surface area contributed by atoms with Crippen molar-refractivity contribution in [2.24, 2.45) is 0 Å². The van der Waals surface area contributed by atoms with E-state index in [4.69, 9.17) is 5.26 Å². The zero-order valence-electron chi connectivity index (χ0n) is 11.4. The number of amides is 1. The van der Waals surface area contributed by atoms with Crippen molar-refractivity contribution < 1.29 is 9.18 Å². The standard InChI is InChI=1S/C14H18FN3O/c1-4-17-13-11(6-5-7-12(13)15)14(19)18(3)10(2)8-9-16/h5-7,10,17H,4,8H2,1-3H3. The Kier molecular flexibility index (Phi) is 5.31. The van der Waals surface area contributed by atoms with Crippen molar-refractivity contribution in [1.82, 2.24) is 4.90 Å². The average molecular weight is 263 g/mol. The molecule has 4 nitrogen and oxygen atoms in total. The largest absolute Gasteiger partial charge is 0.382 e. The number of nitrogens with one attached hydrogen (secondary N) is 1. The lowest BCUT2D eigenvalue weighted by Crippen LogP contribution is -2.35. The Labute approximate surface area is 112 Å². The van der Waals surface area contributed by atoms with Crippen LogP contribution < -0.4 is 5.32 Å². The summed E-state index contributed by atoms with van der Waals surface area (Å²) in [5.74, 6) is -0.743. The molecule has 1 atom stereocenters. The Morgan fingerprint density at radius 1 is 1.58 bits per heavy atom. The van der Waals surface area contributed by atoms with Gasteiger partial charge in [0.1, 0.15) is 5.82 Å². The molecular weight excluding hydrogens is 245 g/mol. The highest BCUT2D eigenvalue weighted by Crippen LogP contribution is 2.22. The van der Waals surface area contributed by atoms with Crippen LogP contribution in [0.15, 0.2) is 18.2 Å². The maximum Gasteiger partial charge on any atom is 0.256 e. The molecule has 0 spiro atoms. The monoisotopic (exact) mass is 263 g/mol. The van der Waals surface area contributed by atoms with Gasteiger partial charge in [-0.1, -0.05) is 6.07 Å². The highest BCUT2D eigenvalue weighted by atomic mass is 19.1. The van der Waals surface area contributed by atoms with E-state index in [1.54, 1.807) is 20.0 Å². The number of halogens is 1. The molecule has 1 aromatic carbocycles. The smallest absolute Gasteiger partial charge is 0.256 e. The van der Waals surface area contributed by atoms with Gasteiger partial charge >= 0.3 is 0 Å². The Bertz CT molecular complexity index is 496. The van der Waals surface area contributed by atoms with Crippen molar-refractivity contribution in [3.8, 4) is 6.07 Å². The number of nitrogens with zero attached hydrogens (tertiary/aromatic N) is 2. The SMILES string of the molecule is CCNc1c(F)cccc1C(=O)N(C)C(C)CC#N. The van der Waals surface area contributed by atoms with E-state index in [-0.39, 0.29) is 29.6 Å². The van der Waals surface area contributed by atoms with E-state index < -0.39 is 5.82 Å². The molecule has 1 N–H and O–H groups in total. The van der Waals surface area contributed by atoms with E-state index in [2.05, 4.69) is 5.32 Å². The molecule has 102 valence electrons. The van der Waals surface area contributed by atoms with Crippen molar-refractivity contribution in [3.63, 3.8) is 0 Å². The van der Waals surface area contributed by atoms with E-state index >= 15 is 0 Å². The molecule has 1 aromatic rings. The third kappa shape index (κ3) is 3.44. The molecule has 0 radical (unpaired) electrons. The average Bonchev–Trinajstić information content (AvgIpc) is 2.40. The van der Waals surface area contributed by atoms with E-state index in [0.717, 1.165) is 0 Å². The fraction of sp³-hybridized carbons (Fsp3) is 0.429. The molecule has 1 unspecified atom stereocenters. The molecule has 19 heavy (non-hydrogen) atoms. The topological polar surface area (TPSA) is 56.1 Å². The molecule has 0 aliphatic carbocycles. The number of para-hydroxylation sites is 1. The lowest BCUT2D eigenvalue weighted by molar-refractivity contribution is 0.0747. The molecule has 1 rings (SSSR count). The summed E-state index contributed by atoms with van der Waals surface area (Å²) < 4.78 is 13.7. The number of carbonyl (C=O) groups excluding carboxylic acids is 1. The van der Waals surface area contributed by atoms with Crippen LogP contribution in [0.3, 0.4) is 0 Å². The van der Waals surface area contributed by atoms with Crippen LogP contribution in [0.25, 0.3) is 0 Å². The van der Waals surface area contributed by atoms with Gasteiger partial charge in [-0.2, -0.15) is 5.26 Å². The summed E-state index contributed by atoms with van der Waals surface area (Å²) in [5.41, 5.74) is 0.500. The van der Waals surface area contributed by atoms with Gasteiger partial charge in [0.05, 0.1) is 23.7 Å². The third-order valence-corrected chi connectivity index (χ3v) is 2.97. The quantitative estimate of drug-likeness (QED) is 0.888. The maximum absolute atomic E-state index is 13.7. The van der Waals surface area contributed by atoms with Crippen molar-refractivity contribution in [2.75, 3.05) is 18.9 Å². The minimum Gasteiger partial charge on any atom is -0.382 e. The van der Waals surface area contributed by atoms with Crippen LogP contribution in [0.4, 0.5) is 10.1 Å². The summed E-state index contributed by atoms with van der Waals surface area (Å²) in [4.78, 5) is 13.8. The summed E-state index contributed by atoms with van der Waals surface area (Å²) in [6.45, 7) is 4.15. The zero-order chi connectivity index (χ0) is 14.4. The van der Waals surface area contributed by atoms with Crippen molar-refractivity contribution in [2.45, 2.75) is 26.3 Å². The number of rotatable bonds is 5. The Morgan fingerprint density at radius 2 is 2.26 bits per heavy atom. The highest BCUT2D eigenvalue weighted by molar-refractivity contribution is 5.99. The van der Waals surface area contributed by atoms with Crippen molar-refractivity contribution in [3.05, 3.63) is 29.6 Å². The minimum absolute atomic E-state index is 0.213. The molecule has 0 aliphatic rings. The van der Waals surface area contributed by atoms with Crippen LogP contribution in [0.2, 0.25) is 0 Å². The van der Waals surface area contributed by atoms with Crippen molar-refractivity contribution >= 4 is 11.6 Å². The number of benzene rings is 1. The summed E-state index contributed by atoms with van der Waals surface area (Å²) >= 11 is 0. The van der Waals surface area contributed by atoms with Crippen LogP contribution in [0, 0.1) is 17.1 Å². The first-order valence-electron chi connectivity index (χ1n) is 6.19. The van der Waals surface area contributed by atoms with Gasteiger partial charge in [0.15, 0.2) is 0 Å². The van der Waals surface area contributed by atoms with Gasteiger partial charge in [-0.15, -0.1) is 0 Å². The Morgan fingerprint density at radius 3 is 2.84 bits per heavy atom. The number of nitriles is 1. The molecule has 0 aliphatic heterocycles. The Hall–Kier alpha value is -2.09. The summed E-state index contributed by atoms with van der Waals surface area (Å²) in [7, 11) is 1.62. The summed E-state index contributed by atoms with van der Waals surface area (Å²) in [6, 6.07) is 6.21. The number of hydrogen-bond acceptors (Lipinski definition) is 3. The maximum atomic E-state index is 13.7. The van der Waals surface area contributed by atoms with Crippen LogP contribution in [-0.4, -0.2) is 30.4 Å². The van der Waals surface area contributed by atoms with E-state index in [1.165, 1.54) is 17.0 Å². The summed E-state index contributed by atoms with van der Waals surface area (Å²) in [6.07, 6.45) is 0.244. The second kappa shape index (κ2) is 6.74. The first-order valence-corrected chi connectivity index (χ1v) is 6.19. The first kappa shape index (κ1) is 15.0. The van der Waals surface area contributed by atoms with E-state index in [1.807, 2.05) is 13.0 Å². The van der Waals surface area contributed by atoms with Gasteiger partial charge in [0.25, 0.3) is 5.91 Å². The van der Waals surface area contributed by atoms with Crippen LogP contribution in [0.5, 0.6) is 0 Å². The van der Waals surface area contributed by atoms with Gasteiger partial charge in [-0.3, -0.25) is 4.79 Å². The normalized spacial score (nSPS) is 11.5. The highest BCUT2D eigenvalue weighted by Gasteiger charge is 2.21. The van der Waals surface area contributed by atoms with Gasteiger partial charge in [-0.05, 0) is 26.0 Å². The zero-order valence-corrected chi connectivity index (χ0v) is 11.4. The van der Waals surface area contributed by atoms with Crippen LogP contribution >= 0.6 is 0 Å². The number of carbonyl (C=O) groups is 1. The number of hydrogen-bond donors (Lipinski definition) is 1. The van der Waals surface area contributed by atoms with E-state index in [0.29, 0.717) is 6.54 Å². The molecule has 0 saturated heterocycles. The fourth-order valence-corrected chi connectivity index (χ4v) is 1.72. The number of anilines is 1. The molecule has 0 fully saturated rings. The predicted octanol–water partition coefficient (Wildman–Crippen LogP) is 2.63. The van der Waals surface area contributed by atoms with Crippen LogP contribution in [-0.2, 0) is 0 Å². The molecule has 0 aromatic heterocycles. The molecule has 1 amide bonds. The lowest BCUT2D eigenvalue weighted by atomic mass is 10.1. The second-order valence-corrected chi connectivity index (χ2v) is 4.32.